The Bertz CT molecular complexity index is 1000. The summed E-state index contributed by atoms with van der Waals surface area (Å²) in [5.74, 6) is 0.158. The zero-order valence-electron chi connectivity index (χ0n) is 18.1. The number of morpholine rings is 1. The third-order valence-electron chi connectivity index (χ3n) is 6.08. The number of fused-ring (bicyclic) bond motifs is 1. The quantitative estimate of drug-likeness (QED) is 0.638. The van der Waals surface area contributed by atoms with E-state index in [1.165, 1.54) is 6.21 Å². The summed E-state index contributed by atoms with van der Waals surface area (Å²) in [5.41, 5.74) is 5.15. The van der Waals surface area contributed by atoms with Crippen LogP contribution in [-0.4, -0.2) is 55.3 Å². The van der Waals surface area contributed by atoms with E-state index >= 15 is 0 Å². The summed E-state index contributed by atoms with van der Waals surface area (Å²) in [6.45, 7) is 5.12. The molecular weight excluding hydrogens is 436 g/mol. The van der Waals surface area contributed by atoms with Crippen molar-refractivity contribution in [1.82, 2.24) is 9.72 Å². The molecule has 0 spiro atoms. The minimum Gasteiger partial charge on any atom is -0.396 e. The Balaban J connectivity index is 1.52. The standard InChI is InChI=1S/C22H29F2N5O2S/c1-14-2-4-15(5-3-14)26-12-16(20(25)21(23)24)27-22(30)17-6-7-18-29(17)13-19(32-18)28-8-10-31-11-9-28/h6-7,12-15,21H,2-5,8-11,25H2,1H3,(H,27,30). The lowest BCUT2D eigenvalue weighted by atomic mass is 9.88. The topological polar surface area (TPSA) is 84.4 Å². The molecule has 4 rings (SSSR count). The average Bonchev–Trinajstić information content (AvgIpc) is 3.38. The van der Waals surface area contributed by atoms with Crippen molar-refractivity contribution >= 4 is 33.3 Å². The summed E-state index contributed by atoms with van der Waals surface area (Å²) in [7, 11) is 0. The zero-order chi connectivity index (χ0) is 22.7. The molecule has 0 atom stereocenters. The minimum atomic E-state index is -2.88. The third kappa shape index (κ3) is 5.12. The first kappa shape index (κ1) is 22.7. The van der Waals surface area contributed by atoms with Crippen molar-refractivity contribution in [2.24, 2.45) is 16.6 Å². The molecule has 174 valence electrons. The predicted octanol–water partition coefficient (Wildman–Crippen LogP) is 3.65. The number of nitrogens with two attached hydrogens (primary N) is 1. The van der Waals surface area contributed by atoms with E-state index in [2.05, 4.69) is 22.1 Å². The van der Waals surface area contributed by atoms with Crippen LogP contribution in [0.3, 0.4) is 0 Å². The van der Waals surface area contributed by atoms with Gasteiger partial charge in [-0.2, -0.15) is 0 Å². The molecule has 0 bridgehead atoms. The van der Waals surface area contributed by atoms with E-state index in [9.17, 15) is 13.6 Å². The Labute approximate surface area is 189 Å². The molecule has 32 heavy (non-hydrogen) atoms. The Morgan fingerprint density at radius 3 is 2.69 bits per heavy atom. The summed E-state index contributed by atoms with van der Waals surface area (Å²) >= 11 is 1.57. The van der Waals surface area contributed by atoms with Gasteiger partial charge in [0.2, 0.25) is 0 Å². The number of ether oxygens (including phenoxy) is 1. The third-order valence-corrected chi connectivity index (χ3v) is 7.19. The van der Waals surface area contributed by atoms with E-state index in [1.807, 2.05) is 12.3 Å². The number of carbonyl (C=O) groups is 1. The fourth-order valence-electron chi connectivity index (χ4n) is 4.06. The van der Waals surface area contributed by atoms with Gasteiger partial charge in [-0.3, -0.25) is 9.79 Å². The van der Waals surface area contributed by atoms with Crippen LogP contribution in [0.25, 0.3) is 4.83 Å². The van der Waals surface area contributed by atoms with Gasteiger partial charge in [-0.05, 0) is 43.7 Å². The van der Waals surface area contributed by atoms with E-state index in [-0.39, 0.29) is 11.7 Å². The van der Waals surface area contributed by atoms with Crippen LogP contribution >= 0.6 is 11.3 Å². The maximum atomic E-state index is 13.3. The van der Waals surface area contributed by atoms with Gasteiger partial charge in [-0.1, -0.05) is 18.3 Å². The summed E-state index contributed by atoms with van der Waals surface area (Å²) in [6, 6.07) is 3.59. The summed E-state index contributed by atoms with van der Waals surface area (Å²) in [4.78, 5) is 20.5. The number of hydrogen-bond donors (Lipinski definition) is 2. The lowest BCUT2D eigenvalue weighted by Crippen LogP contribution is -2.35. The first-order valence-electron chi connectivity index (χ1n) is 11.0. The van der Waals surface area contributed by atoms with Gasteiger partial charge in [0.25, 0.3) is 12.3 Å². The summed E-state index contributed by atoms with van der Waals surface area (Å²) < 4.78 is 33.8. The minimum absolute atomic E-state index is 0.0662. The van der Waals surface area contributed by atoms with Gasteiger partial charge in [0, 0.05) is 25.5 Å². The van der Waals surface area contributed by atoms with Gasteiger partial charge in [0.1, 0.15) is 21.2 Å². The van der Waals surface area contributed by atoms with E-state index in [4.69, 9.17) is 10.5 Å². The van der Waals surface area contributed by atoms with Crippen LogP contribution in [0, 0.1) is 5.92 Å². The molecule has 0 aromatic carbocycles. The fourth-order valence-corrected chi connectivity index (χ4v) is 5.13. The molecule has 1 aliphatic carbocycles. The highest BCUT2D eigenvalue weighted by Gasteiger charge is 2.21. The summed E-state index contributed by atoms with van der Waals surface area (Å²) in [6.07, 6.45) is 4.25. The number of carbonyl (C=O) groups excluding carboxylic acids is 1. The van der Waals surface area contributed by atoms with Crippen LogP contribution in [0.5, 0.6) is 0 Å². The van der Waals surface area contributed by atoms with Crippen LogP contribution in [0.1, 0.15) is 43.1 Å². The zero-order valence-corrected chi connectivity index (χ0v) is 18.9. The molecule has 10 heteroatoms. The lowest BCUT2D eigenvalue weighted by Gasteiger charge is -2.26. The second kappa shape index (κ2) is 9.99. The number of hydrogen-bond acceptors (Lipinski definition) is 6. The molecule has 3 heterocycles. The Hall–Kier alpha value is -2.46. The van der Waals surface area contributed by atoms with Gasteiger partial charge in [-0.25, -0.2) is 8.78 Å². The number of thiazole rings is 1. The van der Waals surface area contributed by atoms with E-state index in [0.717, 1.165) is 48.6 Å². The molecule has 2 aromatic heterocycles. The van der Waals surface area contributed by atoms with Crippen LogP contribution in [-0.2, 0) is 4.74 Å². The van der Waals surface area contributed by atoms with Gasteiger partial charge in [-0.15, -0.1) is 0 Å². The Morgan fingerprint density at radius 2 is 2.00 bits per heavy atom. The van der Waals surface area contributed by atoms with Crippen molar-refractivity contribution in [3.05, 3.63) is 35.4 Å². The molecule has 0 radical (unpaired) electrons. The second-order valence-corrected chi connectivity index (χ2v) is 9.45. The molecule has 2 aliphatic rings. The molecule has 2 aromatic rings. The number of halogens is 2. The van der Waals surface area contributed by atoms with Crippen LogP contribution in [0.4, 0.5) is 13.8 Å². The number of nitrogens with zero attached hydrogens (tertiary/aromatic N) is 3. The number of alkyl halides is 2. The predicted molar refractivity (Wildman–Crippen MR) is 123 cm³/mol. The average molecular weight is 466 g/mol. The molecule has 2 fully saturated rings. The Kier molecular flexibility index (Phi) is 7.10. The molecular formula is C22H29F2N5O2S. The highest BCUT2D eigenvalue weighted by Crippen LogP contribution is 2.29. The van der Waals surface area contributed by atoms with Crippen LogP contribution in [0.15, 0.2) is 34.7 Å². The number of anilines is 1. The number of allylic oxidation sites excluding steroid dienone is 2. The van der Waals surface area contributed by atoms with Crippen molar-refractivity contribution in [3.8, 4) is 0 Å². The lowest BCUT2D eigenvalue weighted by molar-refractivity contribution is 0.0961. The molecule has 1 aliphatic heterocycles. The van der Waals surface area contributed by atoms with Gasteiger partial charge < -0.3 is 25.1 Å². The largest absolute Gasteiger partial charge is 0.396 e. The Morgan fingerprint density at radius 1 is 1.28 bits per heavy atom. The molecule has 1 amide bonds. The maximum Gasteiger partial charge on any atom is 0.279 e. The number of amides is 1. The maximum absolute atomic E-state index is 13.3. The van der Waals surface area contributed by atoms with Crippen molar-refractivity contribution < 1.29 is 18.3 Å². The molecule has 7 nitrogen and oxygen atoms in total. The van der Waals surface area contributed by atoms with Crippen LogP contribution in [0.2, 0.25) is 0 Å². The van der Waals surface area contributed by atoms with Gasteiger partial charge >= 0.3 is 0 Å². The van der Waals surface area contributed by atoms with Crippen molar-refractivity contribution in [1.29, 1.82) is 0 Å². The van der Waals surface area contributed by atoms with Crippen molar-refractivity contribution in [2.75, 3.05) is 31.2 Å². The molecule has 3 N–H and O–H groups in total. The second-order valence-electron chi connectivity index (χ2n) is 8.41. The molecule has 1 saturated carbocycles. The number of aromatic nitrogens is 1. The SMILES string of the molecule is CC1CCC(N=CC(NC(=O)c2ccc3sc(N4CCOCC4)cn23)=C(N)C(F)F)CC1. The van der Waals surface area contributed by atoms with Crippen molar-refractivity contribution in [2.45, 2.75) is 45.1 Å². The number of aliphatic imine (C=N–C) groups is 1. The number of nitrogens with one attached hydrogen (secondary N) is 1. The summed E-state index contributed by atoms with van der Waals surface area (Å²) in [5, 5.41) is 3.60. The molecule has 1 saturated heterocycles. The normalized spacial score (nSPS) is 23.2. The van der Waals surface area contributed by atoms with Crippen molar-refractivity contribution in [3.63, 3.8) is 0 Å². The smallest absolute Gasteiger partial charge is 0.279 e. The van der Waals surface area contributed by atoms with E-state index in [1.54, 1.807) is 21.8 Å². The fraction of sp³-hybridized carbons (Fsp3) is 0.545. The van der Waals surface area contributed by atoms with E-state index < -0.39 is 18.0 Å². The van der Waals surface area contributed by atoms with Crippen LogP contribution < -0.4 is 16.0 Å². The van der Waals surface area contributed by atoms with E-state index in [0.29, 0.717) is 24.8 Å². The highest BCUT2D eigenvalue weighted by molar-refractivity contribution is 7.21. The first-order valence-corrected chi connectivity index (χ1v) is 11.8. The molecule has 0 unspecified atom stereocenters. The van der Waals surface area contributed by atoms with Gasteiger partial charge in [0.15, 0.2) is 0 Å². The monoisotopic (exact) mass is 465 g/mol. The van der Waals surface area contributed by atoms with Gasteiger partial charge in [0.05, 0.1) is 25.0 Å². The highest BCUT2D eigenvalue weighted by atomic mass is 32.1. The first-order chi connectivity index (χ1) is 15.4. The number of rotatable bonds is 6.